The molecular weight excluding hydrogens is 611 g/mol. The number of halogens is 3. The van der Waals surface area contributed by atoms with Gasteiger partial charge < -0.3 is 19.6 Å². The Hall–Kier alpha value is -4.78. The van der Waals surface area contributed by atoms with Crippen LogP contribution in [0.25, 0.3) is 10.8 Å². The van der Waals surface area contributed by atoms with Gasteiger partial charge in [0.25, 0.3) is 10.0 Å². The van der Waals surface area contributed by atoms with Crippen molar-refractivity contribution in [2.75, 3.05) is 49.0 Å². The van der Waals surface area contributed by atoms with Gasteiger partial charge in [-0.05, 0) is 35.9 Å². The Morgan fingerprint density at radius 3 is 2.02 bits per heavy atom. The van der Waals surface area contributed by atoms with E-state index in [4.69, 9.17) is 14.6 Å². The molecule has 1 amide bonds. The molecule has 0 aromatic heterocycles. The first-order valence-corrected chi connectivity index (χ1v) is 15.4. The molecule has 0 radical (unpaired) electrons. The molecule has 4 aromatic carbocycles. The van der Waals surface area contributed by atoms with Crippen LogP contribution in [-0.4, -0.2) is 76.3 Å². The summed E-state index contributed by atoms with van der Waals surface area (Å²) in [5.74, 6) is -2.72. The molecule has 9 nitrogen and oxygen atoms in total. The van der Waals surface area contributed by atoms with Crippen molar-refractivity contribution in [3.63, 3.8) is 0 Å². The van der Waals surface area contributed by atoms with Crippen molar-refractivity contribution >= 4 is 44.0 Å². The molecule has 2 heterocycles. The number of hydrogen-bond acceptors (Lipinski definition) is 6. The van der Waals surface area contributed by atoms with Crippen molar-refractivity contribution in [3.8, 4) is 5.75 Å². The van der Waals surface area contributed by atoms with Crippen LogP contribution < -0.4 is 13.9 Å². The van der Waals surface area contributed by atoms with Gasteiger partial charge in [-0.25, -0.2) is 13.2 Å². The standard InChI is InChI=1S/C30H29N3O4S.C2HF3O2/c1-37-28-15-16-29(25-13-6-5-12-24(25)28)38(35,36)33-21-26(23-11-7-8-14-27(23)33)30(34)32-19-17-31(18-20-32)22-9-3-2-4-10-22;3-2(4,5)1(6)7/h2-16,26H,17-21H2,1H3;(H,6,7). The second-order valence-electron chi connectivity index (χ2n) is 10.4. The van der Waals surface area contributed by atoms with Crippen LogP contribution in [0, 0.1) is 0 Å². The van der Waals surface area contributed by atoms with Crippen molar-refractivity contribution in [2.45, 2.75) is 17.0 Å². The van der Waals surface area contributed by atoms with Gasteiger partial charge in [-0.2, -0.15) is 13.2 Å². The lowest BCUT2D eigenvalue weighted by molar-refractivity contribution is -0.192. The fourth-order valence-corrected chi connectivity index (χ4v) is 7.32. The quantitative estimate of drug-likeness (QED) is 0.322. The number of methoxy groups -OCH3 is 1. The van der Waals surface area contributed by atoms with Gasteiger partial charge in [-0.3, -0.25) is 9.10 Å². The number of amides is 1. The second kappa shape index (κ2) is 12.7. The summed E-state index contributed by atoms with van der Waals surface area (Å²) in [4.78, 5) is 27.0. The molecule has 4 aromatic rings. The van der Waals surface area contributed by atoms with E-state index in [9.17, 15) is 26.4 Å². The van der Waals surface area contributed by atoms with Gasteiger partial charge in [0.15, 0.2) is 0 Å². The summed E-state index contributed by atoms with van der Waals surface area (Å²) < 4.78 is 66.8. The number of para-hydroxylation sites is 2. The number of ether oxygens (including phenoxy) is 1. The number of rotatable bonds is 5. The Labute approximate surface area is 258 Å². The van der Waals surface area contributed by atoms with Crippen LogP contribution in [0.4, 0.5) is 24.5 Å². The molecular formula is C32H30F3N3O6S. The van der Waals surface area contributed by atoms with E-state index in [2.05, 4.69) is 17.0 Å². The number of carboxylic acids is 1. The Balaban J connectivity index is 0.000000515. The molecule has 0 bridgehead atoms. The highest BCUT2D eigenvalue weighted by molar-refractivity contribution is 7.93. The predicted molar refractivity (Wildman–Crippen MR) is 163 cm³/mol. The third-order valence-electron chi connectivity index (χ3n) is 7.81. The van der Waals surface area contributed by atoms with Gasteiger partial charge in [0.1, 0.15) is 5.75 Å². The van der Waals surface area contributed by atoms with E-state index in [1.54, 1.807) is 31.4 Å². The maximum Gasteiger partial charge on any atom is 0.490 e. The second-order valence-corrected chi connectivity index (χ2v) is 12.2. The number of fused-ring (bicyclic) bond motifs is 2. The monoisotopic (exact) mass is 641 g/mol. The largest absolute Gasteiger partial charge is 0.496 e. The van der Waals surface area contributed by atoms with Crippen LogP contribution in [0.15, 0.2) is 95.9 Å². The molecule has 13 heteroatoms. The van der Waals surface area contributed by atoms with Crippen LogP contribution in [0.2, 0.25) is 0 Å². The van der Waals surface area contributed by atoms with Gasteiger partial charge in [-0.15, -0.1) is 0 Å². The summed E-state index contributed by atoms with van der Waals surface area (Å²) in [5, 5.41) is 8.45. The first kappa shape index (κ1) is 31.6. The third kappa shape index (κ3) is 6.39. The number of anilines is 2. The van der Waals surface area contributed by atoms with Crippen molar-refractivity contribution in [1.82, 2.24) is 4.90 Å². The van der Waals surface area contributed by atoms with E-state index in [1.807, 2.05) is 59.5 Å². The van der Waals surface area contributed by atoms with Crippen LogP contribution in [0.3, 0.4) is 0 Å². The normalized spacial score (nSPS) is 16.5. The molecule has 6 rings (SSSR count). The van der Waals surface area contributed by atoms with Crippen LogP contribution in [-0.2, 0) is 19.6 Å². The van der Waals surface area contributed by atoms with Gasteiger partial charge >= 0.3 is 12.1 Å². The molecule has 2 aliphatic rings. The summed E-state index contributed by atoms with van der Waals surface area (Å²) in [6.07, 6.45) is -5.08. The minimum Gasteiger partial charge on any atom is -0.496 e. The predicted octanol–water partition coefficient (Wildman–Crippen LogP) is 5.12. The highest BCUT2D eigenvalue weighted by Crippen LogP contribution is 2.42. The number of carbonyl (C=O) groups excluding carboxylic acids is 1. The number of carbonyl (C=O) groups is 2. The Bertz CT molecular complexity index is 1810. The summed E-state index contributed by atoms with van der Waals surface area (Å²) >= 11 is 0. The minimum atomic E-state index is -5.08. The first-order valence-electron chi connectivity index (χ1n) is 14.0. The van der Waals surface area contributed by atoms with E-state index in [1.165, 1.54) is 4.31 Å². The number of sulfonamides is 1. The number of nitrogens with zero attached hydrogens (tertiary/aromatic N) is 3. The molecule has 1 fully saturated rings. The number of aliphatic carboxylic acids is 1. The lowest BCUT2D eigenvalue weighted by Crippen LogP contribution is -2.50. The van der Waals surface area contributed by atoms with Crippen molar-refractivity contribution in [2.24, 2.45) is 0 Å². The van der Waals surface area contributed by atoms with Crippen molar-refractivity contribution < 1.29 is 41.0 Å². The van der Waals surface area contributed by atoms with E-state index in [-0.39, 0.29) is 17.3 Å². The Morgan fingerprint density at radius 2 is 1.40 bits per heavy atom. The molecule has 0 spiro atoms. The molecule has 1 atom stereocenters. The maximum atomic E-state index is 14.1. The molecule has 1 N–H and O–H groups in total. The zero-order valence-corrected chi connectivity index (χ0v) is 25.0. The molecule has 1 unspecified atom stereocenters. The molecule has 236 valence electrons. The number of benzene rings is 4. The fourth-order valence-electron chi connectivity index (χ4n) is 5.62. The van der Waals surface area contributed by atoms with Gasteiger partial charge in [-0.1, -0.05) is 60.7 Å². The minimum absolute atomic E-state index is 0.0255. The summed E-state index contributed by atoms with van der Waals surface area (Å²) in [6, 6.07) is 28.1. The van der Waals surface area contributed by atoms with Crippen LogP contribution in [0.1, 0.15) is 11.5 Å². The van der Waals surface area contributed by atoms with E-state index in [0.717, 1.165) is 29.7 Å². The Morgan fingerprint density at radius 1 is 0.822 bits per heavy atom. The van der Waals surface area contributed by atoms with Gasteiger partial charge in [0.05, 0.1) is 30.2 Å². The topological polar surface area (TPSA) is 107 Å². The third-order valence-corrected chi connectivity index (χ3v) is 9.65. The SMILES string of the molecule is COc1ccc(S(=O)(=O)N2CC(C(=O)N3CCN(c4ccccc4)CC3)c3ccccc32)c2ccccc12.O=C(O)C(F)(F)F. The van der Waals surface area contributed by atoms with Crippen molar-refractivity contribution in [3.05, 3.63) is 96.6 Å². The Kier molecular flexibility index (Phi) is 8.91. The number of carboxylic acid groups (broad SMARTS) is 1. The summed E-state index contributed by atoms with van der Waals surface area (Å²) in [7, 11) is -2.37. The maximum absolute atomic E-state index is 14.1. The highest BCUT2D eigenvalue weighted by atomic mass is 32.2. The van der Waals surface area contributed by atoms with Crippen LogP contribution in [0.5, 0.6) is 5.75 Å². The van der Waals surface area contributed by atoms with E-state index < -0.39 is 28.1 Å². The lowest BCUT2D eigenvalue weighted by Gasteiger charge is -2.37. The smallest absolute Gasteiger partial charge is 0.490 e. The molecule has 2 aliphatic heterocycles. The van der Waals surface area contributed by atoms with Gasteiger partial charge in [0, 0.05) is 42.6 Å². The fraction of sp³-hybridized carbons (Fsp3) is 0.250. The summed E-state index contributed by atoms with van der Waals surface area (Å²) in [5.41, 5.74) is 2.47. The molecule has 0 aliphatic carbocycles. The highest BCUT2D eigenvalue weighted by Gasteiger charge is 2.42. The zero-order chi connectivity index (χ0) is 32.4. The first-order chi connectivity index (χ1) is 21.4. The number of hydrogen-bond donors (Lipinski definition) is 1. The summed E-state index contributed by atoms with van der Waals surface area (Å²) in [6.45, 7) is 2.76. The number of alkyl halides is 3. The molecule has 1 saturated heterocycles. The van der Waals surface area contributed by atoms with E-state index >= 15 is 0 Å². The van der Waals surface area contributed by atoms with E-state index in [0.29, 0.717) is 29.9 Å². The van der Waals surface area contributed by atoms with Gasteiger partial charge in [0.2, 0.25) is 5.91 Å². The lowest BCUT2D eigenvalue weighted by atomic mass is 9.99. The average Bonchev–Trinajstić information content (AvgIpc) is 3.45. The average molecular weight is 642 g/mol. The van der Waals surface area contributed by atoms with Crippen LogP contribution >= 0.6 is 0 Å². The molecule has 45 heavy (non-hydrogen) atoms. The zero-order valence-electron chi connectivity index (χ0n) is 24.1. The molecule has 0 saturated carbocycles. The van der Waals surface area contributed by atoms with Crippen molar-refractivity contribution in [1.29, 1.82) is 0 Å². The number of piperazine rings is 1.